The fraction of sp³-hybridized carbons (Fsp3) is 0.364. The summed E-state index contributed by atoms with van der Waals surface area (Å²) in [4.78, 5) is 2.10. The number of hydrogen-bond acceptors (Lipinski definition) is 5. The minimum absolute atomic E-state index is 0.0915. The maximum atomic E-state index is 14.5. The van der Waals surface area contributed by atoms with Gasteiger partial charge < -0.3 is 4.52 Å². The van der Waals surface area contributed by atoms with Gasteiger partial charge in [-0.3, -0.25) is 13.9 Å². The van der Waals surface area contributed by atoms with Crippen LogP contribution in [0.2, 0.25) is 0 Å². The predicted molar refractivity (Wildman–Crippen MR) is 113 cm³/mol. The molecule has 0 aliphatic heterocycles. The molecule has 0 heterocycles. The van der Waals surface area contributed by atoms with Gasteiger partial charge >= 0.3 is 7.82 Å². The molecule has 0 amide bonds. The summed E-state index contributed by atoms with van der Waals surface area (Å²) >= 11 is 0. The third-order valence-corrected chi connectivity index (χ3v) is 5.73. The molecule has 2 aromatic rings. The monoisotopic (exact) mass is 421 g/mol. The molecule has 0 aliphatic rings. The van der Waals surface area contributed by atoms with Crippen LogP contribution in [0.3, 0.4) is 0 Å². The standard InChI is InChI=1S/C22H29FNO4P/c1-4-26-29(25,27-5-2)28-22(23)16-19(3)24(17-20-12-8-6-9-13-20)18-21-14-10-7-11-15-21/h6-16,19H,4-5,17-18H2,1-3H3/b22-16-. The molecule has 0 radical (unpaired) electrons. The largest absolute Gasteiger partial charge is 0.531 e. The average molecular weight is 421 g/mol. The number of phosphoric acid groups is 1. The molecule has 0 fully saturated rings. The van der Waals surface area contributed by atoms with Gasteiger partial charge in [-0.1, -0.05) is 60.7 Å². The van der Waals surface area contributed by atoms with Crippen LogP contribution >= 0.6 is 7.82 Å². The minimum atomic E-state index is -3.96. The van der Waals surface area contributed by atoms with Crippen molar-refractivity contribution in [1.82, 2.24) is 4.90 Å². The SMILES string of the molecule is CCOP(=O)(OCC)O/C(F)=C\C(C)N(Cc1ccccc1)Cc1ccccc1. The second-order valence-corrected chi connectivity index (χ2v) is 8.06. The fourth-order valence-electron chi connectivity index (χ4n) is 2.82. The van der Waals surface area contributed by atoms with E-state index < -0.39 is 13.8 Å². The predicted octanol–water partition coefficient (Wildman–Crippen LogP) is 6.09. The molecule has 0 N–H and O–H groups in total. The molecule has 1 atom stereocenters. The van der Waals surface area contributed by atoms with Crippen LogP contribution in [-0.2, 0) is 31.2 Å². The Bertz CT molecular complexity index is 749. The van der Waals surface area contributed by atoms with Gasteiger partial charge in [0.2, 0.25) is 0 Å². The Morgan fingerprint density at radius 3 is 1.83 bits per heavy atom. The fourth-order valence-corrected chi connectivity index (χ4v) is 3.91. The molecule has 7 heteroatoms. The second kappa shape index (κ2) is 11.9. The molecule has 1 unspecified atom stereocenters. The van der Waals surface area contributed by atoms with Crippen LogP contribution in [0.4, 0.5) is 4.39 Å². The first-order chi connectivity index (χ1) is 14.0. The number of nitrogens with zero attached hydrogens (tertiary/aromatic N) is 1. The lowest BCUT2D eigenvalue weighted by Gasteiger charge is -2.27. The van der Waals surface area contributed by atoms with Gasteiger partial charge in [0.25, 0.3) is 6.01 Å². The number of rotatable bonds is 12. The lowest BCUT2D eigenvalue weighted by Crippen LogP contribution is -2.31. The second-order valence-electron chi connectivity index (χ2n) is 6.46. The molecule has 0 aliphatic carbocycles. The number of benzene rings is 2. The molecule has 5 nitrogen and oxygen atoms in total. The number of hydrogen-bond donors (Lipinski definition) is 0. The van der Waals surface area contributed by atoms with E-state index in [-0.39, 0.29) is 19.3 Å². The van der Waals surface area contributed by atoms with E-state index in [0.717, 1.165) is 11.1 Å². The molecule has 158 valence electrons. The summed E-state index contributed by atoms with van der Waals surface area (Å²) in [5, 5.41) is 0. The first kappa shape index (κ1) is 23.3. The Morgan fingerprint density at radius 2 is 1.41 bits per heavy atom. The lowest BCUT2D eigenvalue weighted by molar-refractivity contribution is 0.123. The highest BCUT2D eigenvalue weighted by molar-refractivity contribution is 7.48. The first-order valence-corrected chi connectivity index (χ1v) is 11.2. The molecule has 0 spiro atoms. The van der Waals surface area contributed by atoms with E-state index in [1.54, 1.807) is 13.8 Å². The summed E-state index contributed by atoms with van der Waals surface area (Å²) < 4.78 is 41.8. The van der Waals surface area contributed by atoms with Crippen molar-refractivity contribution in [2.75, 3.05) is 13.2 Å². The Balaban J connectivity index is 2.17. The van der Waals surface area contributed by atoms with E-state index in [0.29, 0.717) is 13.1 Å². The van der Waals surface area contributed by atoms with Crippen molar-refractivity contribution in [3.8, 4) is 0 Å². The van der Waals surface area contributed by atoms with Crippen LogP contribution < -0.4 is 0 Å². The van der Waals surface area contributed by atoms with Gasteiger partial charge in [-0.05, 0) is 31.9 Å². The Labute approximate surface area is 172 Å². The van der Waals surface area contributed by atoms with Crippen molar-refractivity contribution in [3.05, 3.63) is 83.9 Å². The van der Waals surface area contributed by atoms with E-state index in [9.17, 15) is 8.96 Å². The van der Waals surface area contributed by atoms with Gasteiger partial charge in [0.05, 0.1) is 13.2 Å². The number of phosphoric ester groups is 1. The zero-order valence-electron chi connectivity index (χ0n) is 17.2. The van der Waals surface area contributed by atoms with Crippen molar-refractivity contribution >= 4 is 7.82 Å². The van der Waals surface area contributed by atoms with Gasteiger partial charge in [-0.15, -0.1) is 0 Å². The minimum Gasteiger partial charge on any atom is -0.377 e. The highest BCUT2D eigenvalue weighted by Gasteiger charge is 2.29. The molecule has 2 aromatic carbocycles. The van der Waals surface area contributed by atoms with E-state index >= 15 is 0 Å². The zero-order chi connectivity index (χ0) is 21.1. The van der Waals surface area contributed by atoms with Gasteiger partial charge in [-0.2, -0.15) is 4.39 Å². The molecular weight excluding hydrogens is 392 g/mol. The van der Waals surface area contributed by atoms with Crippen LogP contribution in [0, 0.1) is 0 Å². The smallest absolute Gasteiger partial charge is 0.377 e. The Kier molecular flexibility index (Phi) is 9.55. The van der Waals surface area contributed by atoms with Crippen LogP contribution in [0.1, 0.15) is 31.9 Å². The van der Waals surface area contributed by atoms with Crippen LogP contribution in [0.15, 0.2) is 72.8 Å². The summed E-state index contributed by atoms with van der Waals surface area (Å²) in [6.07, 6.45) is 1.29. The maximum absolute atomic E-state index is 14.5. The molecule has 0 saturated carbocycles. The first-order valence-electron chi connectivity index (χ1n) is 9.73. The topological polar surface area (TPSA) is 48.0 Å². The van der Waals surface area contributed by atoms with E-state index in [2.05, 4.69) is 4.90 Å². The van der Waals surface area contributed by atoms with Gasteiger partial charge in [-0.25, -0.2) is 4.57 Å². The molecule has 2 rings (SSSR count). The Hall–Kier alpha value is -1.98. The van der Waals surface area contributed by atoms with Crippen LogP contribution in [0.25, 0.3) is 0 Å². The summed E-state index contributed by atoms with van der Waals surface area (Å²) in [6, 6.07) is 18.6. The van der Waals surface area contributed by atoms with Gasteiger partial charge in [0.15, 0.2) is 0 Å². The lowest BCUT2D eigenvalue weighted by atomic mass is 10.1. The molecule has 0 aromatic heterocycles. The van der Waals surface area contributed by atoms with Crippen molar-refractivity contribution in [2.45, 2.75) is 39.9 Å². The zero-order valence-corrected chi connectivity index (χ0v) is 18.1. The summed E-state index contributed by atoms with van der Waals surface area (Å²) in [5.41, 5.74) is 2.22. The highest BCUT2D eigenvalue weighted by Crippen LogP contribution is 2.51. The molecule has 0 saturated heterocycles. The molecule has 0 bridgehead atoms. The van der Waals surface area contributed by atoms with E-state index in [1.807, 2.05) is 67.6 Å². The van der Waals surface area contributed by atoms with Crippen molar-refractivity contribution in [3.63, 3.8) is 0 Å². The van der Waals surface area contributed by atoms with Crippen LogP contribution in [-0.4, -0.2) is 24.2 Å². The third kappa shape index (κ3) is 8.11. The Morgan fingerprint density at radius 1 is 0.966 bits per heavy atom. The highest BCUT2D eigenvalue weighted by atomic mass is 31.2. The summed E-state index contributed by atoms with van der Waals surface area (Å²) in [6.45, 7) is 6.57. The van der Waals surface area contributed by atoms with Crippen molar-refractivity contribution in [1.29, 1.82) is 0 Å². The normalized spacial score (nSPS) is 13.5. The summed E-state index contributed by atoms with van der Waals surface area (Å²) in [5.74, 6) is 0. The quantitative estimate of drug-likeness (QED) is 0.307. The van der Waals surface area contributed by atoms with Crippen molar-refractivity contribution in [2.24, 2.45) is 0 Å². The van der Waals surface area contributed by atoms with E-state index in [4.69, 9.17) is 13.6 Å². The van der Waals surface area contributed by atoms with Gasteiger partial charge in [0.1, 0.15) is 0 Å². The number of halogens is 1. The third-order valence-electron chi connectivity index (χ3n) is 4.18. The molecule has 29 heavy (non-hydrogen) atoms. The maximum Gasteiger partial charge on any atom is 0.531 e. The average Bonchev–Trinajstić information content (AvgIpc) is 2.69. The van der Waals surface area contributed by atoms with Crippen LogP contribution in [0.5, 0.6) is 0 Å². The van der Waals surface area contributed by atoms with Crippen molar-refractivity contribution < 1.29 is 22.5 Å². The summed E-state index contributed by atoms with van der Waals surface area (Å²) in [7, 11) is -3.96. The molecular formula is C22H29FNO4P. The van der Waals surface area contributed by atoms with Gasteiger partial charge in [0, 0.05) is 25.2 Å². The van der Waals surface area contributed by atoms with E-state index in [1.165, 1.54) is 6.08 Å².